The van der Waals surface area contributed by atoms with Crippen LogP contribution in [0.5, 0.6) is 0 Å². The third-order valence-corrected chi connectivity index (χ3v) is 5.13. The highest BCUT2D eigenvalue weighted by atomic mass is 16.5. The van der Waals surface area contributed by atoms with E-state index in [1.807, 2.05) is 6.92 Å². The van der Waals surface area contributed by atoms with Crippen LogP contribution in [-0.2, 0) is 11.3 Å². The lowest BCUT2D eigenvalue weighted by Gasteiger charge is -2.27. The minimum absolute atomic E-state index is 0.283. The average Bonchev–Trinajstić information content (AvgIpc) is 2.63. The molecule has 1 saturated heterocycles. The van der Waals surface area contributed by atoms with E-state index in [9.17, 15) is 9.59 Å². The maximum absolute atomic E-state index is 13.1. The Balaban J connectivity index is 2.07. The smallest absolute Gasteiger partial charge is 0.331 e. The van der Waals surface area contributed by atoms with Gasteiger partial charge in [-0.25, -0.2) is 4.79 Å². The second-order valence-corrected chi connectivity index (χ2v) is 7.09. The normalized spacial score (nSPS) is 16.8. The van der Waals surface area contributed by atoms with Crippen molar-refractivity contribution in [2.24, 2.45) is 0 Å². The van der Waals surface area contributed by atoms with E-state index in [1.165, 1.54) is 23.8 Å². The number of hydrogen-bond donors (Lipinski definition) is 1. The molecule has 0 radical (unpaired) electrons. The lowest BCUT2D eigenvalue weighted by molar-refractivity contribution is 0.158. The summed E-state index contributed by atoms with van der Waals surface area (Å²) >= 11 is 0. The Hall–Kier alpha value is -2.12. The number of anilines is 1. The number of nitrogen functional groups attached to an aromatic ring is 1. The molecule has 0 amide bonds. The zero-order valence-electron chi connectivity index (χ0n) is 15.6. The number of aromatic nitrogens is 2. The number of hydrogen-bond acceptors (Lipinski definition) is 5. The fourth-order valence-corrected chi connectivity index (χ4v) is 3.76. The number of likely N-dealkylation sites (tertiary alicyclic amines) is 1. The molecule has 2 heterocycles. The first-order valence-electron chi connectivity index (χ1n) is 9.29. The van der Waals surface area contributed by atoms with E-state index in [2.05, 4.69) is 4.90 Å². The third-order valence-electron chi connectivity index (χ3n) is 5.13. The fourth-order valence-electron chi connectivity index (χ4n) is 3.76. The Morgan fingerprint density at radius 3 is 2.58 bits per heavy atom. The summed E-state index contributed by atoms with van der Waals surface area (Å²) in [7, 11) is 1.56. The van der Waals surface area contributed by atoms with Crippen molar-refractivity contribution in [1.82, 2.24) is 14.0 Å². The standard InChI is InChI=1S/C19H28N4O3/c1-14(13-26-2)23-18(24)16-12-15(20)6-7-17(16)22(19(23)25)11-10-21-8-4-3-5-9-21/h6-7,12,14H,3-5,8-11,13,20H2,1-2H3. The number of methoxy groups -OCH3 is 1. The van der Waals surface area contributed by atoms with Crippen LogP contribution in [0.25, 0.3) is 10.9 Å². The minimum atomic E-state index is -0.341. The number of nitrogens with two attached hydrogens (primary N) is 1. The van der Waals surface area contributed by atoms with E-state index in [0.29, 0.717) is 29.7 Å². The number of fused-ring (bicyclic) bond motifs is 1. The minimum Gasteiger partial charge on any atom is -0.399 e. The highest BCUT2D eigenvalue weighted by Crippen LogP contribution is 2.15. The van der Waals surface area contributed by atoms with Crippen LogP contribution in [0, 0.1) is 0 Å². The van der Waals surface area contributed by atoms with Crippen molar-refractivity contribution in [3.8, 4) is 0 Å². The SMILES string of the molecule is COCC(C)n1c(=O)c2cc(N)ccc2n(CCN2CCCCC2)c1=O. The molecule has 3 rings (SSSR count). The second kappa shape index (κ2) is 8.05. The first kappa shape index (κ1) is 18.7. The van der Waals surface area contributed by atoms with E-state index < -0.39 is 0 Å². The molecule has 0 saturated carbocycles. The van der Waals surface area contributed by atoms with E-state index in [-0.39, 0.29) is 17.3 Å². The van der Waals surface area contributed by atoms with Crippen molar-refractivity contribution in [3.63, 3.8) is 0 Å². The van der Waals surface area contributed by atoms with Crippen LogP contribution in [-0.4, -0.2) is 47.4 Å². The Kier molecular flexibility index (Phi) is 5.78. The molecule has 1 atom stereocenters. The number of nitrogens with zero attached hydrogens (tertiary/aromatic N) is 3. The maximum atomic E-state index is 13.1. The van der Waals surface area contributed by atoms with Gasteiger partial charge in [0.25, 0.3) is 5.56 Å². The van der Waals surface area contributed by atoms with Crippen LogP contribution < -0.4 is 17.0 Å². The van der Waals surface area contributed by atoms with E-state index in [1.54, 1.807) is 29.9 Å². The third kappa shape index (κ3) is 3.68. The van der Waals surface area contributed by atoms with Gasteiger partial charge in [-0.1, -0.05) is 6.42 Å². The Labute approximate surface area is 153 Å². The molecule has 2 aromatic rings. The summed E-state index contributed by atoms with van der Waals surface area (Å²) < 4.78 is 8.16. The van der Waals surface area contributed by atoms with Crippen LogP contribution in [0.4, 0.5) is 5.69 Å². The lowest BCUT2D eigenvalue weighted by atomic mass is 10.1. The summed E-state index contributed by atoms with van der Waals surface area (Å²) in [6.45, 7) is 5.61. The Morgan fingerprint density at radius 2 is 1.88 bits per heavy atom. The molecule has 1 aromatic heterocycles. The molecule has 7 heteroatoms. The maximum Gasteiger partial charge on any atom is 0.331 e. The fraction of sp³-hybridized carbons (Fsp3) is 0.579. The summed E-state index contributed by atoms with van der Waals surface area (Å²) in [5, 5.41) is 0.478. The number of rotatable bonds is 6. The van der Waals surface area contributed by atoms with Gasteiger partial charge >= 0.3 is 5.69 Å². The van der Waals surface area contributed by atoms with Gasteiger partial charge in [0, 0.05) is 25.9 Å². The van der Waals surface area contributed by atoms with Crippen LogP contribution in [0.2, 0.25) is 0 Å². The molecule has 2 N–H and O–H groups in total. The van der Waals surface area contributed by atoms with Gasteiger partial charge in [-0.2, -0.15) is 0 Å². The lowest BCUT2D eigenvalue weighted by Crippen LogP contribution is -2.44. The molecule has 7 nitrogen and oxygen atoms in total. The van der Waals surface area contributed by atoms with Crippen molar-refractivity contribution in [2.45, 2.75) is 38.8 Å². The number of ether oxygens (including phenoxy) is 1. The molecule has 1 aliphatic heterocycles. The number of piperidine rings is 1. The van der Waals surface area contributed by atoms with Crippen molar-refractivity contribution in [3.05, 3.63) is 39.0 Å². The topological polar surface area (TPSA) is 82.5 Å². The zero-order chi connectivity index (χ0) is 18.7. The summed E-state index contributed by atoms with van der Waals surface area (Å²) in [5.74, 6) is 0. The average molecular weight is 360 g/mol. The summed E-state index contributed by atoms with van der Waals surface area (Å²) in [4.78, 5) is 28.4. The van der Waals surface area contributed by atoms with E-state index >= 15 is 0 Å². The van der Waals surface area contributed by atoms with Gasteiger partial charge in [0.05, 0.1) is 23.6 Å². The van der Waals surface area contributed by atoms with Crippen LogP contribution >= 0.6 is 0 Å². The molecule has 0 bridgehead atoms. The van der Waals surface area contributed by atoms with Gasteiger partial charge in [0.15, 0.2) is 0 Å². The molecule has 1 aliphatic rings. The van der Waals surface area contributed by atoms with Gasteiger partial charge in [-0.3, -0.25) is 13.9 Å². The highest BCUT2D eigenvalue weighted by molar-refractivity contribution is 5.81. The molecule has 1 aromatic carbocycles. The van der Waals surface area contributed by atoms with Gasteiger partial charge in [0.2, 0.25) is 0 Å². The first-order valence-corrected chi connectivity index (χ1v) is 9.29. The van der Waals surface area contributed by atoms with Gasteiger partial charge in [-0.15, -0.1) is 0 Å². The van der Waals surface area contributed by atoms with Crippen LogP contribution in [0.1, 0.15) is 32.2 Å². The number of benzene rings is 1. The zero-order valence-corrected chi connectivity index (χ0v) is 15.6. The highest BCUT2D eigenvalue weighted by Gasteiger charge is 2.18. The predicted molar refractivity (Wildman–Crippen MR) is 104 cm³/mol. The largest absolute Gasteiger partial charge is 0.399 e. The first-order chi connectivity index (χ1) is 12.5. The van der Waals surface area contributed by atoms with Gasteiger partial charge in [-0.05, 0) is 51.1 Å². The van der Waals surface area contributed by atoms with E-state index in [0.717, 1.165) is 19.6 Å². The predicted octanol–water partition coefficient (Wildman–Crippen LogP) is 1.44. The quantitative estimate of drug-likeness (QED) is 0.788. The van der Waals surface area contributed by atoms with Crippen LogP contribution in [0.15, 0.2) is 27.8 Å². The summed E-state index contributed by atoms with van der Waals surface area (Å²) in [6, 6.07) is 4.83. The Morgan fingerprint density at radius 1 is 1.15 bits per heavy atom. The van der Waals surface area contributed by atoms with E-state index in [4.69, 9.17) is 10.5 Å². The summed E-state index contributed by atoms with van der Waals surface area (Å²) in [5.41, 5.74) is 6.46. The van der Waals surface area contributed by atoms with Crippen molar-refractivity contribution < 1.29 is 4.74 Å². The molecular formula is C19H28N4O3. The van der Waals surface area contributed by atoms with Gasteiger partial charge in [0.1, 0.15) is 0 Å². The molecular weight excluding hydrogens is 332 g/mol. The monoisotopic (exact) mass is 360 g/mol. The molecule has 26 heavy (non-hydrogen) atoms. The van der Waals surface area contributed by atoms with Gasteiger partial charge < -0.3 is 15.4 Å². The van der Waals surface area contributed by atoms with Crippen molar-refractivity contribution >= 4 is 16.6 Å². The molecule has 0 aliphatic carbocycles. The molecule has 142 valence electrons. The van der Waals surface area contributed by atoms with Crippen molar-refractivity contribution in [2.75, 3.05) is 39.1 Å². The second-order valence-electron chi connectivity index (χ2n) is 7.09. The molecule has 1 unspecified atom stereocenters. The molecule has 1 fully saturated rings. The Bertz CT molecular complexity index is 881. The van der Waals surface area contributed by atoms with Crippen molar-refractivity contribution in [1.29, 1.82) is 0 Å². The van der Waals surface area contributed by atoms with Crippen LogP contribution in [0.3, 0.4) is 0 Å². The molecule has 0 spiro atoms. The summed E-state index contributed by atoms with van der Waals surface area (Å²) in [6.07, 6.45) is 3.69.